The maximum atomic E-state index is 13.0. The molecule has 3 rings (SSSR count). The van der Waals surface area contributed by atoms with Crippen LogP contribution >= 0.6 is 0 Å². The summed E-state index contributed by atoms with van der Waals surface area (Å²) < 4.78 is 13.0. The van der Waals surface area contributed by atoms with Crippen LogP contribution in [0.15, 0.2) is 42.5 Å². The normalized spacial score (nSPS) is 14.7. The molecule has 0 aromatic heterocycles. The van der Waals surface area contributed by atoms with Crippen molar-refractivity contribution in [2.75, 3.05) is 10.6 Å². The Hall–Kier alpha value is -2.69. The van der Waals surface area contributed by atoms with Gasteiger partial charge < -0.3 is 10.6 Å². The van der Waals surface area contributed by atoms with Gasteiger partial charge in [0.05, 0.1) is 0 Å². The van der Waals surface area contributed by atoms with Crippen LogP contribution < -0.4 is 10.6 Å². The summed E-state index contributed by atoms with van der Waals surface area (Å²) in [4.78, 5) is 25.4. The van der Waals surface area contributed by atoms with Crippen LogP contribution in [-0.2, 0) is 16.0 Å². The fourth-order valence-electron chi connectivity index (χ4n) is 2.90. The van der Waals surface area contributed by atoms with Crippen LogP contribution in [0.1, 0.15) is 30.9 Å². The molecule has 25 heavy (non-hydrogen) atoms. The van der Waals surface area contributed by atoms with Crippen molar-refractivity contribution in [1.29, 1.82) is 0 Å². The van der Waals surface area contributed by atoms with Gasteiger partial charge in [0.15, 0.2) is 0 Å². The van der Waals surface area contributed by atoms with Gasteiger partial charge in [0.1, 0.15) is 11.2 Å². The SMILES string of the molecule is CCc1cccc(C)c1NC(=O)C1(C(=O)Nc2ccc(F)cc2)CC1. The third-order valence-electron chi connectivity index (χ3n) is 4.70. The zero-order valence-electron chi connectivity index (χ0n) is 14.4. The maximum Gasteiger partial charge on any atom is 0.240 e. The standard InChI is InChI=1S/C20H21FN2O2/c1-3-14-6-4-5-13(2)17(14)23-19(25)20(11-12-20)18(24)22-16-9-7-15(21)8-10-16/h4-10H,3,11-12H2,1-2H3,(H,22,24)(H,23,25). The number of hydrogen-bond donors (Lipinski definition) is 2. The van der Waals surface area contributed by atoms with Crippen molar-refractivity contribution in [3.8, 4) is 0 Å². The van der Waals surface area contributed by atoms with E-state index in [1.165, 1.54) is 24.3 Å². The zero-order chi connectivity index (χ0) is 18.0. The number of carbonyl (C=O) groups excluding carboxylic acids is 2. The summed E-state index contributed by atoms with van der Waals surface area (Å²) >= 11 is 0. The first-order valence-electron chi connectivity index (χ1n) is 8.43. The minimum Gasteiger partial charge on any atom is -0.325 e. The molecule has 0 radical (unpaired) electrons. The van der Waals surface area contributed by atoms with Crippen molar-refractivity contribution in [1.82, 2.24) is 0 Å². The lowest BCUT2D eigenvalue weighted by molar-refractivity contribution is -0.131. The summed E-state index contributed by atoms with van der Waals surface area (Å²) in [6.45, 7) is 3.96. The van der Waals surface area contributed by atoms with Crippen LogP contribution in [0.3, 0.4) is 0 Å². The number of hydrogen-bond acceptors (Lipinski definition) is 2. The number of nitrogens with one attached hydrogen (secondary N) is 2. The summed E-state index contributed by atoms with van der Waals surface area (Å²) in [7, 11) is 0. The highest BCUT2D eigenvalue weighted by atomic mass is 19.1. The summed E-state index contributed by atoms with van der Waals surface area (Å²) in [5, 5.41) is 5.66. The predicted molar refractivity (Wildman–Crippen MR) is 95.9 cm³/mol. The van der Waals surface area contributed by atoms with Crippen molar-refractivity contribution in [3.05, 3.63) is 59.4 Å². The Kier molecular flexibility index (Phi) is 4.57. The molecule has 2 amide bonds. The second-order valence-corrected chi connectivity index (χ2v) is 6.46. The first kappa shape index (κ1) is 17.1. The van der Waals surface area contributed by atoms with Crippen molar-refractivity contribution < 1.29 is 14.0 Å². The first-order chi connectivity index (χ1) is 12.0. The summed E-state index contributed by atoms with van der Waals surface area (Å²) in [6.07, 6.45) is 1.82. The maximum absolute atomic E-state index is 13.0. The zero-order valence-corrected chi connectivity index (χ0v) is 14.4. The van der Waals surface area contributed by atoms with E-state index < -0.39 is 5.41 Å². The number of anilines is 2. The minimum absolute atomic E-state index is 0.281. The number of rotatable bonds is 5. The molecule has 0 saturated heterocycles. The molecule has 1 aliphatic carbocycles. The molecule has 1 fully saturated rings. The average molecular weight is 340 g/mol. The summed E-state index contributed by atoms with van der Waals surface area (Å²) in [5.41, 5.74) is 2.25. The molecule has 1 aliphatic rings. The monoisotopic (exact) mass is 340 g/mol. The van der Waals surface area contributed by atoms with E-state index in [1.807, 2.05) is 32.0 Å². The fraction of sp³-hybridized carbons (Fsp3) is 0.300. The van der Waals surface area contributed by atoms with Gasteiger partial charge in [-0.3, -0.25) is 9.59 Å². The van der Waals surface area contributed by atoms with Gasteiger partial charge in [0.2, 0.25) is 11.8 Å². The molecule has 1 saturated carbocycles. The predicted octanol–water partition coefficient (Wildman–Crippen LogP) is 4.05. The highest BCUT2D eigenvalue weighted by molar-refractivity contribution is 6.17. The van der Waals surface area contributed by atoms with Crippen molar-refractivity contribution >= 4 is 23.2 Å². The Balaban J connectivity index is 1.75. The third-order valence-corrected chi connectivity index (χ3v) is 4.70. The minimum atomic E-state index is -1.04. The van der Waals surface area contributed by atoms with Crippen LogP contribution in [0.2, 0.25) is 0 Å². The number of aryl methyl sites for hydroxylation is 2. The molecule has 130 valence electrons. The van der Waals surface area contributed by atoms with Gasteiger partial charge in [0, 0.05) is 11.4 Å². The van der Waals surface area contributed by atoms with E-state index in [0.29, 0.717) is 18.5 Å². The molecule has 0 atom stereocenters. The second-order valence-electron chi connectivity index (χ2n) is 6.46. The summed E-state index contributed by atoms with van der Waals surface area (Å²) in [5.74, 6) is -0.997. The van der Waals surface area contributed by atoms with Gasteiger partial charge in [-0.15, -0.1) is 0 Å². The van der Waals surface area contributed by atoms with Crippen molar-refractivity contribution in [3.63, 3.8) is 0 Å². The molecular formula is C20H21FN2O2. The lowest BCUT2D eigenvalue weighted by atomic mass is 10.0. The molecule has 0 bridgehead atoms. The number of amides is 2. The first-order valence-corrected chi connectivity index (χ1v) is 8.43. The van der Waals surface area contributed by atoms with Gasteiger partial charge in [-0.2, -0.15) is 0 Å². The van der Waals surface area contributed by atoms with Gasteiger partial charge in [-0.25, -0.2) is 4.39 Å². The quantitative estimate of drug-likeness (QED) is 0.807. The van der Waals surface area contributed by atoms with E-state index in [-0.39, 0.29) is 17.6 Å². The largest absolute Gasteiger partial charge is 0.325 e. The highest BCUT2D eigenvalue weighted by Crippen LogP contribution is 2.47. The van der Waals surface area contributed by atoms with Crippen molar-refractivity contribution in [2.24, 2.45) is 5.41 Å². The fourth-order valence-corrected chi connectivity index (χ4v) is 2.90. The van der Waals surface area contributed by atoms with E-state index in [0.717, 1.165) is 23.2 Å². The van der Waals surface area contributed by atoms with Crippen LogP contribution in [0, 0.1) is 18.2 Å². The topological polar surface area (TPSA) is 58.2 Å². The number of para-hydroxylation sites is 1. The van der Waals surface area contributed by atoms with Crippen LogP contribution in [-0.4, -0.2) is 11.8 Å². The molecule has 5 heteroatoms. The van der Waals surface area contributed by atoms with Gasteiger partial charge >= 0.3 is 0 Å². The molecule has 0 aliphatic heterocycles. The molecule has 2 N–H and O–H groups in total. The Morgan fingerprint density at radius 2 is 1.68 bits per heavy atom. The van der Waals surface area contributed by atoms with E-state index in [9.17, 15) is 14.0 Å². The Morgan fingerprint density at radius 1 is 1.04 bits per heavy atom. The molecule has 0 unspecified atom stereocenters. The van der Waals surface area contributed by atoms with E-state index >= 15 is 0 Å². The molecule has 4 nitrogen and oxygen atoms in total. The lowest BCUT2D eigenvalue weighted by Gasteiger charge is -2.18. The van der Waals surface area contributed by atoms with Crippen LogP contribution in [0.25, 0.3) is 0 Å². The Bertz CT molecular complexity index is 811. The van der Waals surface area contributed by atoms with E-state index in [1.54, 1.807) is 0 Å². The number of halogens is 1. The van der Waals surface area contributed by atoms with Gasteiger partial charge in [-0.05, 0) is 61.6 Å². The second kappa shape index (κ2) is 6.67. The Labute approximate surface area is 146 Å². The highest BCUT2D eigenvalue weighted by Gasteiger charge is 2.56. The molecule has 2 aromatic rings. The van der Waals surface area contributed by atoms with Crippen LogP contribution in [0.4, 0.5) is 15.8 Å². The molecule has 0 heterocycles. The summed E-state index contributed by atoms with van der Waals surface area (Å²) in [6, 6.07) is 11.4. The molecule has 0 spiro atoms. The van der Waals surface area contributed by atoms with Crippen molar-refractivity contribution in [2.45, 2.75) is 33.1 Å². The van der Waals surface area contributed by atoms with E-state index in [4.69, 9.17) is 0 Å². The lowest BCUT2D eigenvalue weighted by Crippen LogP contribution is -2.36. The van der Waals surface area contributed by atoms with Crippen LogP contribution in [0.5, 0.6) is 0 Å². The Morgan fingerprint density at radius 3 is 2.28 bits per heavy atom. The van der Waals surface area contributed by atoms with Gasteiger partial charge in [0.25, 0.3) is 0 Å². The molecular weight excluding hydrogens is 319 g/mol. The number of carbonyl (C=O) groups is 2. The van der Waals surface area contributed by atoms with Gasteiger partial charge in [-0.1, -0.05) is 25.1 Å². The molecule has 2 aromatic carbocycles. The third kappa shape index (κ3) is 3.40. The van der Waals surface area contributed by atoms with E-state index in [2.05, 4.69) is 10.6 Å². The smallest absolute Gasteiger partial charge is 0.240 e. The number of benzene rings is 2. The average Bonchev–Trinajstić information content (AvgIpc) is 3.40.